The lowest BCUT2D eigenvalue weighted by atomic mass is 10.3. The Bertz CT molecular complexity index is 527. The van der Waals surface area contributed by atoms with Crippen LogP contribution in [0.3, 0.4) is 0 Å². The number of nitrogens with zero attached hydrogens (tertiary/aromatic N) is 2. The summed E-state index contributed by atoms with van der Waals surface area (Å²) in [5.74, 6) is -0.653. The van der Waals surface area contributed by atoms with Gasteiger partial charge in [0.1, 0.15) is 11.6 Å². The van der Waals surface area contributed by atoms with E-state index in [2.05, 4.69) is 5.10 Å². The largest absolute Gasteiger partial charge is 0.435 e. The number of aromatic nitrogens is 2. The monoisotopic (exact) mass is 245 g/mol. The van der Waals surface area contributed by atoms with Crippen molar-refractivity contribution in [3.05, 3.63) is 41.8 Å². The molecule has 2 aromatic rings. The Labute approximate surface area is 93.5 Å². The zero-order chi connectivity index (χ0) is 12.6. The van der Waals surface area contributed by atoms with E-state index in [1.165, 1.54) is 12.1 Å². The average Bonchev–Trinajstić information content (AvgIpc) is 2.61. The van der Waals surface area contributed by atoms with Gasteiger partial charge in [0.2, 0.25) is 0 Å². The van der Waals surface area contributed by atoms with Crippen LogP contribution in [0.5, 0.6) is 0 Å². The fourth-order valence-corrected chi connectivity index (χ4v) is 1.32. The number of nitrogen functional groups attached to an aromatic ring is 1. The minimum Gasteiger partial charge on any atom is -0.384 e. The standard InChI is InChI=1S/C10H7F4N3/c11-6-1-3-7(4-2-6)17-9(15)5-8(16-17)10(12,13)14/h1-5H,15H2. The van der Waals surface area contributed by atoms with Gasteiger partial charge in [0.25, 0.3) is 0 Å². The molecule has 1 heterocycles. The highest BCUT2D eigenvalue weighted by atomic mass is 19.4. The molecule has 0 atom stereocenters. The average molecular weight is 245 g/mol. The van der Waals surface area contributed by atoms with Crippen molar-refractivity contribution in [2.45, 2.75) is 6.18 Å². The summed E-state index contributed by atoms with van der Waals surface area (Å²) in [4.78, 5) is 0. The molecule has 17 heavy (non-hydrogen) atoms. The van der Waals surface area contributed by atoms with Gasteiger partial charge in [-0.25, -0.2) is 9.07 Å². The van der Waals surface area contributed by atoms with Crippen molar-refractivity contribution in [2.24, 2.45) is 0 Å². The highest BCUT2D eigenvalue weighted by molar-refractivity contribution is 5.43. The smallest absolute Gasteiger partial charge is 0.384 e. The van der Waals surface area contributed by atoms with Gasteiger partial charge in [-0.05, 0) is 24.3 Å². The Balaban J connectivity index is 2.46. The topological polar surface area (TPSA) is 43.8 Å². The predicted octanol–water partition coefficient (Wildman–Crippen LogP) is 2.61. The third-order valence-electron chi connectivity index (χ3n) is 2.10. The summed E-state index contributed by atoms with van der Waals surface area (Å²) < 4.78 is 50.7. The Morgan fingerprint density at radius 1 is 1.12 bits per heavy atom. The number of halogens is 4. The predicted molar refractivity (Wildman–Crippen MR) is 52.9 cm³/mol. The van der Waals surface area contributed by atoms with Gasteiger partial charge in [-0.15, -0.1) is 0 Å². The van der Waals surface area contributed by atoms with Gasteiger partial charge in [-0.1, -0.05) is 0 Å². The van der Waals surface area contributed by atoms with Crippen LogP contribution in [-0.4, -0.2) is 9.78 Å². The lowest BCUT2D eigenvalue weighted by molar-refractivity contribution is -0.141. The number of hydrogen-bond donors (Lipinski definition) is 1. The molecular formula is C10H7F4N3. The van der Waals surface area contributed by atoms with E-state index in [-0.39, 0.29) is 11.5 Å². The lowest BCUT2D eigenvalue weighted by Crippen LogP contribution is -2.07. The summed E-state index contributed by atoms with van der Waals surface area (Å²) in [6.07, 6.45) is -4.56. The molecule has 2 rings (SSSR count). The number of anilines is 1. The molecule has 0 saturated heterocycles. The molecule has 0 aliphatic carbocycles. The second-order valence-electron chi connectivity index (χ2n) is 3.34. The van der Waals surface area contributed by atoms with Crippen molar-refractivity contribution in [3.8, 4) is 5.69 Å². The van der Waals surface area contributed by atoms with Gasteiger partial charge in [0.05, 0.1) is 5.69 Å². The first kappa shape index (κ1) is 11.4. The van der Waals surface area contributed by atoms with Crippen LogP contribution in [0, 0.1) is 5.82 Å². The second-order valence-corrected chi connectivity index (χ2v) is 3.34. The van der Waals surface area contributed by atoms with E-state index in [9.17, 15) is 17.6 Å². The van der Waals surface area contributed by atoms with E-state index >= 15 is 0 Å². The van der Waals surface area contributed by atoms with Gasteiger partial charge in [0.15, 0.2) is 5.69 Å². The molecule has 7 heteroatoms. The molecule has 90 valence electrons. The summed E-state index contributed by atoms with van der Waals surface area (Å²) in [5.41, 5.74) is 4.59. The SMILES string of the molecule is Nc1cc(C(F)(F)F)nn1-c1ccc(F)cc1. The van der Waals surface area contributed by atoms with E-state index < -0.39 is 17.7 Å². The van der Waals surface area contributed by atoms with E-state index in [1.807, 2.05) is 0 Å². The highest BCUT2D eigenvalue weighted by Crippen LogP contribution is 2.30. The Hall–Kier alpha value is -2.05. The van der Waals surface area contributed by atoms with Crippen molar-refractivity contribution in [1.82, 2.24) is 9.78 Å². The molecular weight excluding hydrogens is 238 g/mol. The molecule has 1 aromatic heterocycles. The van der Waals surface area contributed by atoms with Gasteiger partial charge < -0.3 is 5.73 Å². The molecule has 0 radical (unpaired) electrons. The number of alkyl halides is 3. The Morgan fingerprint density at radius 2 is 1.71 bits per heavy atom. The van der Waals surface area contributed by atoms with Gasteiger partial charge in [0, 0.05) is 6.07 Å². The molecule has 0 saturated carbocycles. The molecule has 0 aliphatic heterocycles. The van der Waals surface area contributed by atoms with Crippen molar-refractivity contribution < 1.29 is 17.6 Å². The van der Waals surface area contributed by atoms with E-state index in [0.29, 0.717) is 0 Å². The maximum atomic E-state index is 12.7. The van der Waals surface area contributed by atoms with Crippen molar-refractivity contribution in [1.29, 1.82) is 0 Å². The zero-order valence-corrected chi connectivity index (χ0v) is 8.37. The summed E-state index contributed by atoms with van der Waals surface area (Å²) in [6, 6.07) is 5.54. The molecule has 2 N–H and O–H groups in total. The van der Waals surface area contributed by atoms with Crippen LogP contribution in [-0.2, 0) is 6.18 Å². The van der Waals surface area contributed by atoms with Crippen LogP contribution in [0.15, 0.2) is 30.3 Å². The third-order valence-corrected chi connectivity index (χ3v) is 2.10. The first-order chi connectivity index (χ1) is 7.88. The van der Waals surface area contributed by atoms with Crippen LogP contribution in [0.1, 0.15) is 5.69 Å². The van der Waals surface area contributed by atoms with Crippen molar-refractivity contribution in [2.75, 3.05) is 5.73 Å². The molecule has 0 aliphatic rings. The molecule has 0 bridgehead atoms. The van der Waals surface area contributed by atoms with Gasteiger partial charge >= 0.3 is 6.18 Å². The van der Waals surface area contributed by atoms with E-state index in [1.54, 1.807) is 0 Å². The van der Waals surface area contributed by atoms with Crippen molar-refractivity contribution in [3.63, 3.8) is 0 Å². The maximum Gasteiger partial charge on any atom is 0.435 e. The van der Waals surface area contributed by atoms with Crippen LogP contribution in [0.4, 0.5) is 23.4 Å². The number of hydrogen-bond acceptors (Lipinski definition) is 2. The zero-order valence-electron chi connectivity index (χ0n) is 8.37. The minimum atomic E-state index is -4.56. The summed E-state index contributed by atoms with van der Waals surface area (Å²) in [5, 5.41) is 3.33. The van der Waals surface area contributed by atoms with Gasteiger partial charge in [-0.3, -0.25) is 0 Å². The molecule has 1 aromatic carbocycles. The van der Waals surface area contributed by atoms with Crippen molar-refractivity contribution >= 4 is 5.82 Å². The van der Waals surface area contributed by atoms with Gasteiger partial charge in [-0.2, -0.15) is 18.3 Å². The van der Waals surface area contributed by atoms with Crippen LogP contribution < -0.4 is 5.73 Å². The van der Waals surface area contributed by atoms with Crippen LogP contribution >= 0.6 is 0 Å². The first-order valence-electron chi connectivity index (χ1n) is 4.56. The highest BCUT2D eigenvalue weighted by Gasteiger charge is 2.34. The number of rotatable bonds is 1. The quantitative estimate of drug-likeness (QED) is 0.785. The fourth-order valence-electron chi connectivity index (χ4n) is 1.32. The van der Waals surface area contributed by atoms with Crippen LogP contribution in [0.25, 0.3) is 5.69 Å². The fraction of sp³-hybridized carbons (Fsp3) is 0.100. The van der Waals surface area contributed by atoms with Crippen LogP contribution in [0.2, 0.25) is 0 Å². The molecule has 0 amide bonds. The Morgan fingerprint density at radius 3 is 2.18 bits per heavy atom. The lowest BCUT2D eigenvalue weighted by Gasteiger charge is -2.03. The summed E-state index contributed by atoms with van der Waals surface area (Å²) >= 11 is 0. The third kappa shape index (κ3) is 2.22. The maximum absolute atomic E-state index is 12.7. The Kier molecular flexibility index (Phi) is 2.53. The van der Waals surface area contributed by atoms with E-state index in [0.717, 1.165) is 22.9 Å². The summed E-state index contributed by atoms with van der Waals surface area (Å²) in [6.45, 7) is 0. The number of benzene rings is 1. The first-order valence-corrected chi connectivity index (χ1v) is 4.56. The normalized spacial score (nSPS) is 11.8. The molecule has 0 unspecified atom stereocenters. The minimum absolute atomic E-state index is 0.163. The molecule has 0 fully saturated rings. The molecule has 3 nitrogen and oxygen atoms in total. The molecule has 0 spiro atoms. The second kappa shape index (κ2) is 3.76. The van der Waals surface area contributed by atoms with E-state index in [4.69, 9.17) is 5.73 Å². The summed E-state index contributed by atoms with van der Waals surface area (Å²) in [7, 11) is 0. The number of nitrogens with two attached hydrogens (primary N) is 1.